The maximum Gasteiger partial charge on any atom is 0.673 e. The van der Waals surface area contributed by atoms with Crippen molar-refractivity contribution in [3.05, 3.63) is 0 Å². The zero-order chi connectivity index (χ0) is 13.6. The minimum atomic E-state index is -6.00. The van der Waals surface area contributed by atoms with Crippen LogP contribution in [-0.2, 0) is 0 Å². The van der Waals surface area contributed by atoms with Gasteiger partial charge in [-0.1, -0.05) is 32.6 Å². The molecule has 1 atom stereocenters. The Bertz CT molecular complexity index is 131. The van der Waals surface area contributed by atoms with Crippen LogP contribution in [0, 0.1) is 0 Å². The molecule has 0 aromatic heterocycles. The molecule has 106 valence electrons. The summed E-state index contributed by atoms with van der Waals surface area (Å²) in [6.07, 6.45) is 10.9. The van der Waals surface area contributed by atoms with E-state index in [4.69, 9.17) is 5.11 Å². The summed E-state index contributed by atoms with van der Waals surface area (Å²) in [5.74, 6) is 0. The van der Waals surface area contributed by atoms with Crippen molar-refractivity contribution < 1.29 is 22.4 Å². The van der Waals surface area contributed by atoms with E-state index in [1.807, 2.05) is 0 Å². The van der Waals surface area contributed by atoms with Gasteiger partial charge in [-0.05, 0) is 21.4 Å². The summed E-state index contributed by atoms with van der Waals surface area (Å²) in [4.78, 5) is 0. The van der Waals surface area contributed by atoms with Gasteiger partial charge in [0, 0.05) is 0 Å². The van der Waals surface area contributed by atoms with Crippen LogP contribution in [0.15, 0.2) is 0 Å². The summed E-state index contributed by atoms with van der Waals surface area (Å²) < 4.78 is 39.0. The predicted molar refractivity (Wildman–Crippen MR) is 70.1 cm³/mol. The first kappa shape index (κ1) is 19.5. The molecule has 0 rings (SSSR count). The monoisotopic (exact) mass is 278 g/mol. The van der Waals surface area contributed by atoms with Crippen LogP contribution in [0.2, 0.25) is 0 Å². The third-order valence-electron chi connectivity index (χ3n) is 2.10. The molecule has 0 aliphatic carbocycles. The van der Waals surface area contributed by atoms with E-state index in [2.05, 4.69) is 6.92 Å². The van der Waals surface area contributed by atoms with Gasteiger partial charge in [0.05, 0.1) is 18.9 Å². The van der Waals surface area contributed by atoms with E-state index in [-0.39, 0.29) is 0 Å². The average molecular weight is 278 g/mol. The highest BCUT2D eigenvalue weighted by molar-refractivity contribution is 7.37. The molecule has 0 aromatic carbocycles. The number of halogens is 4. The van der Waals surface area contributed by atoms with Crippen molar-refractivity contribution >= 4 is 15.8 Å². The van der Waals surface area contributed by atoms with Gasteiger partial charge in [-0.25, -0.2) is 0 Å². The Hall–Kier alpha value is 0.175. The van der Waals surface area contributed by atoms with Crippen molar-refractivity contribution in [2.24, 2.45) is 0 Å². The Morgan fingerprint density at radius 1 is 0.882 bits per heavy atom. The van der Waals surface area contributed by atoms with E-state index >= 15 is 0 Å². The summed E-state index contributed by atoms with van der Waals surface area (Å²) >= 11 is 0. The number of aliphatic hydroxyl groups excluding tert-OH is 1. The lowest BCUT2D eigenvalue weighted by Crippen LogP contribution is -2.02. The normalized spacial score (nSPS) is 11.6. The number of aliphatic hydroxyl groups is 1. The first-order valence-electron chi connectivity index (χ1n) is 6.21. The van der Waals surface area contributed by atoms with Crippen LogP contribution in [-0.4, -0.2) is 31.3 Å². The van der Waals surface area contributed by atoms with Gasteiger partial charge in [-0.2, -0.15) is 0 Å². The van der Waals surface area contributed by atoms with Gasteiger partial charge < -0.3 is 22.4 Å². The quantitative estimate of drug-likeness (QED) is 0.292. The lowest BCUT2D eigenvalue weighted by Gasteiger charge is -1.97. The second kappa shape index (κ2) is 14.2. The van der Waals surface area contributed by atoms with Gasteiger partial charge in [0.2, 0.25) is 0 Å². The number of hydrogen-bond donors (Lipinski definition) is 1. The Kier molecular flexibility index (Phi) is 16.3. The largest absolute Gasteiger partial charge is 0.673 e. The standard InChI is InChI=1S/C10H23OP.BF4/c1-2-3-4-5-6-7-9-12-10-8-11;2-1(3,4)5/h11-12H,2-10H2,1H3;/q;-1/p+1. The van der Waals surface area contributed by atoms with Crippen LogP contribution in [0.5, 0.6) is 0 Å². The number of unbranched alkanes of at least 4 members (excludes halogenated alkanes) is 5. The third kappa shape index (κ3) is 38.6. The summed E-state index contributed by atoms with van der Waals surface area (Å²) in [6, 6.07) is 0. The van der Waals surface area contributed by atoms with E-state index in [1.165, 1.54) is 44.7 Å². The van der Waals surface area contributed by atoms with Gasteiger partial charge in [-0.15, -0.1) is 0 Å². The van der Waals surface area contributed by atoms with Crippen LogP contribution in [0.3, 0.4) is 0 Å². The first-order chi connectivity index (χ1) is 7.91. The fraction of sp³-hybridized carbons (Fsp3) is 1.00. The first-order valence-corrected chi connectivity index (χ1v) is 7.85. The van der Waals surface area contributed by atoms with Gasteiger partial charge in [0.15, 0.2) is 0 Å². The molecule has 0 bridgehead atoms. The molecular formula is C10H24BF4OP. The van der Waals surface area contributed by atoms with Gasteiger partial charge in [-0.3, -0.25) is 0 Å². The van der Waals surface area contributed by atoms with Crippen LogP contribution < -0.4 is 0 Å². The molecule has 1 nitrogen and oxygen atoms in total. The van der Waals surface area contributed by atoms with Crippen LogP contribution >= 0.6 is 8.58 Å². The van der Waals surface area contributed by atoms with Gasteiger partial charge in [0.25, 0.3) is 0 Å². The fourth-order valence-corrected chi connectivity index (χ4v) is 2.35. The fourth-order valence-electron chi connectivity index (χ4n) is 1.30. The molecule has 0 heterocycles. The minimum absolute atomic E-state index is 0.408. The van der Waals surface area contributed by atoms with E-state index < -0.39 is 7.25 Å². The topological polar surface area (TPSA) is 20.2 Å². The summed E-state index contributed by atoms with van der Waals surface area (Å²) in [7, 11) is -5.44. The summed E-state index contributed by atoms with van der Waals surface area (Å²) in [6.45, 7) is 2.66. The van der Waals surface area contributed by atoms with Crippen molar-refractivity contribution in [2.45, 2.75) is 45.4 Å². The van der Waals surface area contributed by atoms with E-state index in [1.54, 1.807) is 0 Å². The molecule has 0 amide bonds. The van der Waals surface area contributed by atoms with Crippen LogP contribution in [0.25, 0.3) is 0 Å². The van der Waals surface area contributed by atoms with Crippen LogP contribution in [0.1, 0.15) is 45.4 Å². The lowest BCUT2D eigenvalue weighted by atomic mass is 10.1. The molecule has 1 N–H and O–H groups in total. The van der Waals surface area contributed by atoms with Crippen molar-refractivity contribution in [1.82, 2.24) is 0 Å². The number of hydrogen-bond acceptors (Lipinski definition) is 1. The Balaban J connectivity index is 0. The Morgan fingerprint density at radius 3 is 1.82 bits per heavy atom. The van der Waals surface area contributed by atoms with Crippen molar-refractivity contribution in [3.8, 4) is 0 Å². The molecule has 0 aliphatic rings. The molecule has 0 fully saturated rings. The van der Waals surface area contributed by atoms with Crippen molar-refractivity contribution in [3.63, 3.8) is 0 Å². The average Bonchev–Trinajstić information content (AvgIpc) is 2.20. The SMILES string of the molecule is CCCCCCCC[PH2+]CCO.F[B-](F)(F)F. The molecular weight excluding hydrogens is 254 g/mol. The summed E-state index contributed by atoms with van der Waals surface area (Å²) in [5.41, 5.74) is 0. The van der Waals surface area contributed by atoms with Crippen molar-refractivity contribution in [2.75, 3.05) is 18.9 Å². The zero-order valence-corrected chi connectivity index (χ0v) is 11.6. The summed E-state index contributed by atoms with van der Waals surface area (Å²) in [5, 5.41) is 8.56. The molecule has 1 unspecified atom stereocenters. The molecule has 0 aliphatic heterocycles. The predicted octanol–water partition coefficient (Wildman–Crippen LogP) is 4.05. The van der Waals surface area contributed by atoms with E-state index in [9.17, 15) is 17.3 Å². The third-order valence-corrected chi connectivity index (χ3v) is 3.58. The smallest absolute Gasteiger partial charge is 0.418 e. The van der Waals surface area contributed by atoms with Gasteiger partial charge in [0.1, 0.15) is 0 Å². The second-order valence-electron chi connectivity index (χ2n) is 3.85. The van der Waals surface area contributed by atoms with Crippen LogP contribution in [0.4, 0.5) is 17.3 Å². The maximum atomic E-state index is 9.75. The Morgan fingerprint density at radius 2 is 1.35 bits per heavy atom. The zero-order valence-electron chi connectivity index (χ0n) is 10.5. The highest BCUT2D eigenvalue weighted by Gasteiger charge is 2.20. The number of rotatable bonds is 9. The molecule has 7 heteroatoms. The molecule has 17 heavy (non-hydrogen) atoms. The van der Waals surface area contributed by atoms with E-state index in [0.29, 0.717) is 15.2 Å². The van der Waals surface area contributed by atoms with Crippen molar-refractivity contribution in [1.29, 1.82) is 0 Å². The highest BCUT2D eigenvalue weighted by Crippen LogP contribution is 2.13. The minimum Gasteiger partial charge on any atom is -0.418 e. The van der Waals surface area contributed by atoms with E-state index in [0.717, 1.165) is 6.16 Å². The molecule has 0 aromatic rings. The highest BCUT2D eigenvalue weighted by atomic mass is 31.1. The van der Waals surface area contributed by atoms with Gasteiger partial charge >= 0.3 is 7.25 Å². The molecule has 0 spiro atoms. The maximum absolute atomic E-state index is 9.75. The molecule has 0 saturated carbocycles. The molecule has 0 radical (unpaired) electrons. The lowest BCUT2D eigenvalue weighted by molar-refractivity contribution is 0.322. The second-order valence-corrected chi connectivity index (χ2v) is 5.58. The molecule has 0 saturated heterocycles. The Labute approximate surface area is 103 Å².